The molecule has 1 aliphatic heterocycles. The van der Waals surface area contributed by atoms with Crippen molar-refractivity contribution >= 4 is 16.9 Å². The Kier molecular flexibility index (Phi) is 4.49. The molecule has 3 rings (SSSR count). The number of para-hydroxylation sites is 2. The van der Waals surface area contributed by atoms with Crippen LogP contribution in [-0.4, -0.2) is 45.2 Å². The van der Waals surface area contributed by atoms with Crippen LogP contribution in [0.1, 0.15) is 18.7 Å². The number of fused-ring (bicyclic) bond motifs is 1. The minimum Gasteiger partial charge on any atom is -0.396 e. The van der Waals surface area contributed by atoms with E-state index in [1.807, 2.05) is 0 Å². The predicted octanol–water partition coefficient (Wildman–Crippen LogP) is 2.29. The molecule has 0 bridgehead atoms. The zero-order valence-corrected chi connectivity index (χ0v) is 13.0. The van der Waals surface area contributed by atoms with E-state index >= 15 is 0 Å². The number of aliphatic hydroxyl groups is 1. The van der Waals surface area contributed by atoms with Crippen LogP contribution >= 0.6 is 0 Å². The fourth-order valence-electron chi connectivity index (χ4n) is 3.13. The summed E-state index contributed by atoms with van der Waals surface area (Å²) in [4.78, 5) is 17.6. The number of amides is 1. The number of hydrogen-bond donors (Lipinski definition) is 1. The molecule has 8 heteroatoms. The van der Waals surface area contributed by atoms with Crippen LogP contribution < -0.4 is 0 Å². The molecule has 1 aromatic heterocycles. The van der Waals surface area contributed by atoms with Gasteiger partial charge in [-0.2, -0.15) is 13.2 Å². The average molecular weight is 341 g/mol. The van der Waals surface area contributed by atoms with Gasteiger partial charge in [0.2, 0.25) is 11.7 Å². The second kappa shape index (κ2) is 6.43. The largest absolute Gasteiger partial charge is 0.449 e. The highest BCUT2D eigenvalue weighted by Gasteiger charge is 2.38. The van der Waals surface area contributed by atoms with E-state index in [2.05, 4.69) is 4.98 Å². The molecule has 130 valence electrons. The van der Waals surface area contributed by atoms with Crippen molar-refractivity contribution in [2.45, 2.75) is 25.6 Å². The van der Waals surface area contributed by atoms with Gasteiger partial charge in [0, 0.05) is 19.7 Å². The number of piperidine rings is 1. The van der Waals surface area contributed by atoms with Gasteiger partial charge in [0.15, 0.2) is 0 Å². The second-order valence-electron chi connectivity index (χ2n) is 6.04. The van der Waals surface area contributed by atoms with Crippen LogP contribution in [0.4, 0.5) is 13.2 Å². The van der Waals surface area contributed by atoms with Crippen molar-refractivity contribution in [2.75, 3.05) is 19.7 Å². The molecule has 1 unspecified atom stereocenters. The van der Waals surface area contributed by atoms with Crippen molar-refractivity contribution in [1.29, 1.82) is 0 Å². The number of aliphatic hydroxyl groups excluding tert-OH is 1. The minimum absolute atomic E-state index is 0.00989. The van der Waals surface area contributed by atoms with Gasteiger partial charge >= 0.3 is 6.18 Å². The minimum atomic E-state index is -4.63. The zero-order chi connectivity index (χ0) is 17.3. The Morgan fingerprint density at radius 2 is 2.08 bits per heavy atom. The molecule has 1 saturated heterocycles. The quantitative estimate of drug-likeness (QED) is 0.932. The molecule has 2 heterocycles. The van der Waals surface area contributed by atoms with Crippen molar-refractivity contribution in [3.63, 3.8) is 0 Å². The normalized spacial score (nSPS) is 19.0. The summed E-state index contributed by atoms with van der Waals surface area (Å²) in [6.45, 7) is 0.450. The number of rotatable bonds is 3. The summed E-state index contributed by atoms with van der Waals surface area (Å²) >= 11 is 0. The number of carbonyl (C=O) groups is 1. The molecule has 0 spiro atoms. The Morgan fingerprint density at radius 1 is 1.33 bits per heavy atom. The number of nitrogens with zero attached hydrogens (tertiary/aromatic N) is 3. The fourth-order valence-corrected chi connectivity index (χ4v) is 3.13. The van der Waals surface area contributed by atoms with Gasteiger partial charge in [0.05, 0.1) is 11.0 Å². The van der Waals surface area contributed by atoms with Gasteiger partial charge in [0.25, 0.3) is 0 Å². The Hall–Kier alpha value is -2.09. The van der Waals surface area contributed by atoms with E-state index in [1.54, 1.807) is 12.1 Å². The van der Waals surface area contributed by atoms with E-state index in [0.717, 1.165) is 17.4 Å². The Bertz CT molecular complexity index is 742. The zero-order valence-electron chi connectivity index (χ0n) is 13.0. The molecule has 1 atom stereocenters. The fraction of sp³-hybridized carbons (Fsp3) is 0.500. The van der Waals surface area contributed by atoms with E-state index in [9.17, 15) is 23.1 Å². The van der Waals surface area contributed by atoms with Crippen LogP contribution in [0.15, 0.2) is 24.3 Å². The SMILES string of the molecule is O=C(Cn1c(C(F)(F)F)nc2ccccc21)N1CCCC(CO)C1. The summed E-state index contributed by atoms with van der Waals surface area (Å²) < 4.78 is 40.7. The first-order chi connectivity index (χ1) is 11.4. The average Bonchev–Trinajstić information content (AvgIpc) is 2.94. The van der Waals surface area contributed by atoms with Crippen molar-refractivity contribution in [2.24, 2.45) is 5.92 Å². The standard InChI is InChI=1S/C16H18F3N3O2/c17-16(18,19)15-20-12-5-1-2-6-13(12)22(15)9-14(24)21-7-3-4-11(8-21)10-23/h1-2,5-6,11,23H,3-4,7-10H2. The first kappa shape index (κ1) is 16.8. The monoisotopic (exact) mass is 341 g/mol. The summed E-state index contributed by atoms with van der Waals surface area (Å²) in [7, 11) is 0. The summed E-state index contributed by atoms with van der Waals surface area (Å²) in [6, 6.07) is 6.25. The highest BCUT2D eigenvalue weighted by atomic mass is 19.4. The maximum Gasteiger partial charge on any atom is 0.449 e. The van der Waals surface area contributed by atoms with Crippen LogP contribution in [0.25, 0.3) is 11.0 Å². The molecule has 2 aromatic rings. The van der Waals surface area contributed by atoms with E-state index in [0.29, 0.717) is 13.1 Å². The molecular formula is C16H18F3N3O2. The lowest BCUT2D eigenvalue weighted by Crippen LogP contribution is -2.42. The summed E-state index contributed by atoms with van der Waals surface area (Å²) in [5.41, 5.74) is 0.499. The van der Waals surface area contributed by atoms with Crippen molar-refractivity contribution < 1.29 is 23.1 Å². The smallest absolute Gasteiger partial charge is 0.396 e. The first-order valence-electron chi connectivity index (χ1n) is 7.81. The van der Waals surface area contributed by atoms with Gasteiger partial charge < -0.3 is 14.6 Å². The lowest BCUT2D eigenvalue weighted by Gasteiger charge is -2.32. The molecular weight excluding hydrogens is 323 g/mol. The van der Waals surface area contributed by atoms with Crippen LogP contribution in [0.2, 0.25) is 0 Å². The maximum absolute atomic E-state index is 13.3. The highest BCUT2D eigenvalue weighted by Crippen LogP contribution is 2.31. The summed E-state index contributed by atoms with van der Waals surface area (Å²) in [5, 5.41) is 9.24. The van der Waals surface area contributed by atoms with E-state index in [-0.39, 0.29) is 29.5 Å². The molecule has 1 aliphatic rings. The maximum atomic E-state index is 13.3. The lowest BCUT2D eigenvalue weighted by molar-refractivity contribution is -0.148. The molecule has 1 amide bonds. The van der Waals surface area contributed by atoms with Crippen molar-refractivity contribution in [3.05, 3.63) is 30.1 Å². The first-order valence-corrected chi connectivity index (χ1v) is 7.81. The highest BCUT2D eigenvalue weighted by molar-refractivity contribution is 5.81. The molecule has 5 nitrogen and oxygen atoms in total. The van der Waals surface area contributed by atoms with Crippen LogP contribution in [0, 0.1) is 5.92 Å². The molecule has 0 saturated carbocycles. The number of alkyl halides is 3. The van der Waals surface area contributed by atoms with Gasteiger partial charge in [-0.05, 0) is 30.9 Å². The third-order valence-corrected chi connectivity index (χ3v) is 4.33. The third kappa shape index (κ3) is 3.24. The lowest BCUT2D eigenvalue weighted by atomic mass is 9.99. The van der Waals surface area contributed by atoms with Gasteiger partial charge in [-0.25, -0.2) is 4.98 Å². The molecule has 1 aromatic carbocycles. The molecule has 24 heavy (non-hydrogen) atoms. The van der Waals surface area contributed by atoms with Gasteiger partial charge in [0.1, 0.15) is 6.54 Å². The Labute approximate surface area is 136 Å². The van der Waals surface area contributed by atoms with Crippen LogP contribution in [0.3, 0.4) is 0 Å². The topological polar surface area (TPSA) is 58.4 Å². The summed E-state index contributed by atoms with van der Waals surface area (Å²) in [6.07, 6.45) is -3.06. The van der Waals surface area contributed by atoms with E-state index in [4.69, 9.17) is 0 Å². The van der Waals surface area contributed by atoms with E-state index in [1.165, 1.54) is 17.0 Å². The van der Waals surface area contributed by atoms with Crippen LogP contribution in [-0.2, 0) is 17.5 Å². The number of benzene rings is 1. The van der Waals surface area contributed by atoms with Crippen molar-refractivity contribution in [1.82, 2.24) is 14.5 Å². The van der Waals surface area contributed by atoms with E-state index < -0.39 is 18.5 Å². The van der Waals surface area contributed by atoms with Gasteiger partial charge in [-0.3, -0.25) is 4.79 Å². The number of likely N-dealkylation sites (tertiary alicyclic amines) is 1. The Balaban J connectivity index is 1.90. The predicted molar refractivity (Wildman–Crippen MR) is 81.1 cm³/mol. The number of halogens is 3. The number of aromatic nitrogens is 2. The molecule has 1 N–H and O–H groups in total. The van der Waals surface area contributed by atoms with Gasteiger partial charge in [-0.15, -0.1) is 0 Å². The molecule has 0 radical (unpaired) electrons. The molecule has 1 fully saturated rings. The third-order valence-electron chi connectivity index (χ3n) is 4.33. The summed E-state index contributed by atoms with van der Waals surface area (Å²) in [5.74, 6) is -1.46. The van der Waals surface area contributed by atoms with Gasteiger partial charge in [-0.1, -0.05) is 12.1 Å². The van der Waals surface area contributed by atoms with Crippen molar-refractivity contribution in [3.8, 4) is 0 Å². The number of carbonyl (C=O) groups excluding carboxylic acids is 1. The Morgan fingerprint density at radius 3 is 2.79 bits per heavy atom. The number of hydrogen-bond acceptors (Lipinski definition) is 3. The van der Waals surface area contributed by atoms with Crippen LogP contribution in [0.5, 0.6) is 0 Å². The second-order valence-corrected chi connectivity index (χ2v) is 6.04. The number of imidazole rings is 1. The molecule has 0 aliphatic carbocycles.